The van der Waals surface area contributed by atoms with E-state index in [1.54, 1.807) is 29.9 Å². The van der Waals surface area contributed by atoms with Crippen LogP contribution in [-0.4, -0.2) is 57.9 Å². The molecule has 1 radical (unpaired) electrons. The lowest BCUT2D eigenvalue weighted by molar-refractivity contribution is -0.128. The minimum atomic E-state index is -0.295. The Morgan fingerprint density at radius 2 is 2.09 bits per heavy atom. The zero-order valence-electron chi connectivity index (χ0n) is 12.4. The van der Waals surface area contributed by atoms with E-state index < -0.39 is 0 Å². The van der Waals surface area contributed by atoms with E-state index in [-0.39, 0.29) is 17.6 Å². The number of halogens is 2. The highest BCUT2D eigenvalue weighted by molar-refractivity contribution is 6.27. The van der Waals surface area contributed by atoms with Crippen molar-refractivity contribution in [3.63, 3.8) is 0 Å². The van der Waals surface area contributed by atoms with Crippen molar-refractivity contribution in [2.75, 3.05) is 37.0 Å². The van der Waals surface area contributed by atoms with Crippen molar-refractivity contribution in [2.45, 2.75) is 0 Å². The number of aromatic nitrogens is 3. The molecule has 23 heavy (non-hydrogen) atoms. The van der Waals surface area contributed by atoms with Gasteiger partial charge in [-0.25, -0.2) is 9.07 Å². The van der Waals surface area contributed by atoms with Gasteiger partial charge in [-0.1, -0.05) is 17.3 Å². The van der Waals surface area contributed by atoms with Gasteiger partial charge in [0.05, 0.1) is 11.9 Å². The molecule has 8 heteroatoms. The minimum Gasteiger partial charge on any atom is -0.365 e. The molecular weight excluding hydrogens is 321 g/mol. The predicted molar refractivity (Wildman–Crippen MR) is 84.7 cm³/mol. The number of piperazine rings is 1. The summed E-state index contributed by atoms with van der Waals surface area (Å²) in [6.07, 6.45) is 3.25. The fourth-order valence-electron chi connectivity index (χ4n) is 2.66. The molecule has 1 aliphatic heterocycles. The highest BCUT2D eigenvalue weighted by atomic mass is 35.5. The molecular formula is C15H16ClFN5O. The van der Waals surface area contributed by atoms with E-state index in [1.165, 1.54) is 10.7 Å². The number of carbonyl (C=O) groups is 1. The third-order valence-electron chi connectivity index (χ3n) is 3.79. The second-order valence-electron chi connectivity index (χ2n) is 5.19. The van der Waals surface area contributed by atoms with E-state index in [0.717, 1.165) is 0 Å². The topological polar surface area (TPSA) is 54.3 Å². The van der Waals surface area contributed by atoms with E-state index in [2.05, 4.69) is 10.3 Å². The van der Waals surface area contributed by atoms with Gasteiger partial charge in [0.1, 0.15) is 18.2 Å². The summed E-state index contributed by atoms with van der Waals surface area (Å²) in [6, 6.07) is 4.93. The number of para-hydroxylation sites is 1. The maximum atomic E-state index is 14.4. The standard InChI is InChI=1S/C15H16ClFN5O/c16-10-14(23)20-6-8-21(9-7-20)15-12(2-1-3-13(15)17)11-22-5-4-18-19-22/h1-5,11H,6-10H2. The number of benzene rings is 1. The number of hydrogen-bond donors (Lipinski definition) is 0. The van der Waals surface area contributed by atoms with Crippen molar-refractivity contribution in [2.24, 2.45) is 0 Å². The first-order valence-corrected chi connectivity index (χ1v) is 7.80. The van der Waals surface area contributed by atoms with E-state index >= 15 is 0 Å². The van der Waals surface area contributed by atoms with Crippen LogP contribution in [0, 0.1) is 12.4 Å². The van der Waals surface area contributed by atoms with Gasteiger partial charge in [-0.2, -0.15) is 0 Å². The van der Waals surface area contributed by atoms with Crippen LogP contribution >= 0.6 is 11.6 Å². The SMILES string of the molecule is O=C(CCl)N1CCN(c2c(F)cccc2[CH]n2ccnn2)CC1. The van der Waals surface area contributed by atoms with Crippen molar-refractivity contribution < 1.29 is 9.18 Å². The van der Waals surface area contributed by atoms with Crippen LogP contribution in [-0.2, 0) is 4.79 Å². The predicted octanol–water partition coefficient (Wildman–Crippen LogP) is 1.36. The molecule has 1 saturated heterocycles. The Balaban J connectivity index is 1.78. The van der Waals surface area contributed by atoms with Crippen LogP contribution in [0.3, 0.4) is 0 Å². The number of rotatable bonds is 4. The third kappa shape index (κ3) is 3.44. The molecule has 6 nitrogen and oxygen atoms in total. The van der Waals surface area contributed by atoms with E-state index in [9.17, 15) is 9.18 Å². The van der Waals surface area contributed by atoms with E-state index in [0.29, 0.717) is 37.4 Å². The summed E-state index contributed by atoms with van der Waals surface area (Å²) in [7, 11) is 0. The molecule has 3 rings (SSSR count). The fraction of sp³-hybridized carbons (Fsp3) is 0.333. The monoisotopic (exact) mass is 336 g/mol. The summed E-state index contributed by atoms with van der Waals surface area (Å²) in [5.74, 6) is -0.407. The molecule has 0 spiro atoms. The molecule has 0 unspecified atom stereocenters. The smallest absolute Gasteiger partial charge is 0.237 e. The first kappa shape index (κ1) is 15.7. The Bertz CT molecular complexity index is 671. The molecule has 1 aromatic heterocycles. The lowest BCUT2D eigenvalue weighted by atomic mass is 10.1. The molecule has 121 valence electrons. The average Bonchev–Trinajstić information content (AvgIpc) is 3.08. The molecule has 1 aromatic carbocycles. The first-order valence-electron chi connectivity index (χ1n) is 7.27. The Hall–Kier alpha value is -2.15. The quantitative estimate of drug-likeness (QED) is 0.791. The number of amides is 1. The highest BCUT2D eigenvalue weighted by Crippen LogP contribution is 2.27. The molecule has 2 aromatic rings. The number of alkyl halides is 1. The van der Waals surface area contributed by atoms with Gasteiger partial charge in [0.2, 0.25) is 5.91 Å². The van der Waals surface area contributed by atoms with Crippen LogP contribution in [0.2, 0.25) is 0 Å². The van der Waals surface area contributed by atoms with Gasteiger partial charge in [0, 0.05) is 37.9 Å². The van der Waals surface area contributed by atoms with E-state index in [1.807, 2.05) is 11.0 Å². The van der Waals surface area contributed by atoms with E-state index in [4.69, 9.17) is 11.6 Å². The molecule has 1 fully saturated rings. The molecule has 1 aliphatic rings. The molecule has 0 saturated carbocycles. The average molecular weight is 337 g/mol. The summed E-state index contributed by atoms with van der Waals surface area (Å²) in [4.78, 5) is 15.3. The zero-order valence-corrected chi connectivity index (χ0v) is 13.2. The van der Waals surface area contributed by atoms with Crippen LogP contribution < -0.4 is 4.90 Å². The summed E-state index contributed by atoms with van der Waals surface area (Å²) in [5, 5.41) is 7.62. The summed E-state index contributed by atoms with van der Waals surface area (Å²) in [5.41, 5.74) is 1.23. The Labute approximate surface area is 138 Å². The van der Waals surface area contributed by atoms with Crippen molar-refractivity contribution in [3.05, 3.63) is 48.5 Å². The van der Waals surface area contributed by atoms with Gasteiger partial charge in [-0.15, -0.1) is 16.7 Å². The van der Waals surface area contributed by atoms with Gasteiger partial charge >= 0.3 is 0 Å². The maximum absolute atomic E-state index is 14.4. The molecule has 2 heterocycles. The van der Waals surface area contributed by atoms with Gasteiger partial charge in [-0.05, 0) is 6.07 Å². The Kier molecular flexibility index (Phi) is 4.76. The zero-order chi connectivity index (χ0) is 16.2. The van der Waals surface area contributed by atoms with Crippen LogP contribution in [0.15, 0.2) is 30.6 Å². The van der Waals surface area contributed by atoms with Crippen LogP contribution in [0.5, 0.6) is 0 Å². The van der Waals surface area contributed by atoms with Crippen LogP contribution in [0.25, 0.3) is 0 Å². The van der Waals surface area contributed by atoms with Crippen molar-refractivity contribution in [1.82, 2.24) is 19.9 Å². The van der Waals surface area contributed by atoms with Crippen LogP contribution in [0.4, 0.5) is 10.1 Å². The van der Waals surface area contributed by atoms with Gasteiger partial charge < -0.3 is 9.80 Å². The minimum absolute atomic E-state index is 0.0228. The summed E-state index contributed by atoms with van der Waals surface area (Å²) < 4.78 is 15.9. The molecule has 0 atom stereocenters. The van der Waals surface area contributed by atoms with Gasteiger partial charge in [0.15, 0.2) is 0 Å². The highest BCUT2D eigenvalue weighted by Gasteiger charge is 2.24. The third-order valence-corrected chi connectivity index (χ3v) is 4.02. The van der Waals surface area contributed by atoms with Crippen LogP contribution in [0.1, 0.15) is 5.56 Å². The molecule has 0 N–H and O–H groups in total. The largest absolute Gasteiger partial charge is 0.365 e. The lowest BCUT2D eigenvalue weighted by Crippen LogP contribution is -2.49. The molecule has 1 amide bonds. The van der Waals surface area contributed by atoms with Crippen molar-refractivity contribution in [3.8, 4) is 0 Å². The second-order valence-corrected chi connectivity index (χ2v) is 5.46. The van der Waals surface area contributed by atoms with Crippen molar-refractivity contribution in [1.29, 1.82) is 0 Å². The number of nitrogens with zero attached hydrogens (tertiary/aromatic N) is 5. The maximum Gasteiger partial charge on any atom is 0.237 e. The number of hydrogen-bond acceptors (Lipinski definition) is 4. The lowest BCUT2D eigenvalue weighted by Gasteiger charge is -2.36. The fourth-order valence-corrected chi connectivity index (χ4v) is 2.83. The number of carbonyl (C=O) groups excluding carboxylic acids is 1. The summed E-state index contributed by atoms with van der Waals surface area (Å²) in [6.45, 7) is 3.90. The first-order chi connectivity index (χ1) is 11.2. The number of anilines is 1. The Morgan fingerprint density at radius 1 is 1.30 bits per heavy atom. The molecule has 0 aliphatic carbocycles. The normalized spacial score (nSPS) is 15.0. The van der Waals surface area contributed by atoms with Crippen molar-refractivity contribution >= 4 is 23.2 Å². The Morgan fingerprint density at radius 3 is 2.74 bits per heavy atom. The van der Waals surface area contributed by atoms with Gasteiger partial charge in [0.25, 0.3) is 0 Å². The molecule has 0 bridgehead atoms. The summed E-state index contributed by atoms with van der Waals surface area (Å²) >= 11 is 5.58. The van der Waals surface area contributed by atoms with Gasteiger partial charge in [-0.3, -0.25) is 4.79 Å². The second kappa shape index (κ2) is 6.95.